The van der Waals surface area contributed by atoms with E-state index in [4.69, 9.17) is 4.42 Å². The van der Waals surface area contributed by atoms with Gasteiger partial charge in [-0.15, -0.1) is 11.3 Å². The van der Waals surface area contributed by atoms with Crippen LogP contribution in [0, 0.1) is 0 Å². The van der Waals surface area contributed by atoms with Gasteiger partial charge in [0.15, 0.2) is 0 Å². The maximum atomic E-state index is 6.74. The Morgan fingerprint density at radius 3 is 1.90 bits per heavy atom. The fraction of sp³-hybridized carbons (Fsp3) is 0. The number of thiophene rings is 1. The van der Waals surface area contributed by atoms with E-state index in [9.17, 15) is 0 Å². The molecule has 0 saturated carbocycles. The first kappa shape index (κ1) is 28.4. The topological polar surface area (TPSA) is 16.4 Å². The zero-order valence-electron chi connectivity index (χ0n) is 27.5. The number of anilines is 3. The van der Waals surface area contributed by atoms with Gasteiger partial charge in [-0.1, -0.05) is 115 Å². The molecule has 0 saturated heterocycles. The summed E-state index contributed by atoms with van der Waals surface area (Å²) in [6.07, 6.45) is 0. The van der Waals surface area contributed by atoms with E-state index in [0.29, 0.717) is 0 Å². The van der Waals surface area contributed by atoms with E-state index >= 15 is 0 Å². The lowest BCUT2D eigenvalue weighted by Crippen LogP contribution is -2.09. The van der Waals surface area contributed by atoms with Crippen LogP contribution >= 0.6 is 11.3 Å². The second-order valence-corrected chi connectivity index (χ2v) is 14.4. The maximum Gasteiger partial charge on any atom is 0.144 e. The molecular weight excluding hydrogens is 639 g/mol. The molecule has 3 heteroatoms. The second kappa shape index (κ2) is 11.0. The summed E-state index contributed by atoms with van der Waals surface area (Å²) in [6, 6.07) is 63.8. The normalized spacial score (nSPS) is 11.9. The Morgan fingerprint density at radius 2 is 1.04 bits per heavy atom. The van der Waals surface area contributed by atoms with Crippen LogP contribution in [0.3, 0.4) is 0 Å². The molecule has 0 aliphatic rings. The smallest absolute Gasteiger partial charge is 0.144 e. The van der Waals surface area contributed by atoms with Gasteiger partial charge in [-0.25, -0.2) is 0 Å². The molecule has 238 valence electrons. The van der Waals surface area contributed by atoms with Gasteiger partial charge < -0.3 is 9.32 Å². The van der Waals surface area contributed by atoms with Gasteiger partial charge in [0.25, 0.3) is 0 Å². The highest BCUT2D eigenvalue weighted by atomic mass is 32.1. The van der Waals surface area contributed by atoms with Crippen LogP contribution in [0.25, 0.3) is 85.6 Å². The van der Waals surface area contributed by atoms with E-state index < -0.39 is 0 Å². The van der Waals surface area contributed by atoms with E-state index in [1.807, 2.05) is 11.3 Å². The molecule has 2 aromatic heterocycles. The molecule has 11 aromatic rings. The molecule has 0 spiro atoms. The van der Waals surface area contributed by atoms with Crippen LogP contribution < -0.4 is 4.90 Å². The number of nitrogens with zero attached hydrogens (tertiary/aromatic N) is 1. The van der Waals surface area contributed by atoms with Gasteiger partial charge >= 0.3 is 0 Å². The Hall–Kier alpha value is -6.42. The number of fused-ring (bicyclic) bond motifs is 11. The first-order chi connectivity index (χ1) is 25.3. The minimum absolute atomic E-state index is 0.927. The zero-order valence-corrected chi connectivity index (χ0v) is 28.3. The third kappa shape index (κ3) is 4.42. The predicted molar refractivity (Wildman–Crippen MR) is 219 cm³/mol. The van der Waals surface area contributed by atoms with E-state index in [1.54, 1.807) is 0 Å². The van der Waals surface area contributed by atoms with Crippen LogP contribution in [-0.2, 0) is 0 Å². The lowest BCUT2D eigenvalue weighted by atomic mass is 9.98. The van der Waals surface area contributed by atoms with Crippen molar-refractivity contribution in [2.75, 3.05) is 4.90 Å². The van der Waals surface area contributed by atoms with Crippen LogP contribution in [0.2, 0.25) is 0 Å². The van der Waals surface area contributed by atoms with Crippen molar-refractivity contribution in [2.24, 2.45) is 0 Å². The monoisotopic (exact) mass is 667 g/mol. The first-order valence-corrected chi connectivity index (χ1v) is 18.1. The Balaban J connectivity index is 1.12. The molecule has 11 rings (SSSR count). The zero-order chi connectivity index (χ0) is 33.5. The van der Waals surface area contributed by atoms with E-state index in [2.05, 4.69) is 181 Å². The SMILES string of the molecule is c1ccc2cc(N(c3ccc(-c4cccc5ccccc45)cc3)c3ccc4sc5ccc6c(oc7ccc8ccccc8c76)c5c4c3)ccc2c1. The summed E-state index contributed by atoms with van der Waals surface area (Å²) < 4.78 is 9.21. The molecule has 2 heterocycles. The van der Waals surface area contributed by atoms with Crippen molar-refractivity contribution >= 4 is 103 Å². The summed E-state index contributed by atoms with van der Waals surface area (Å²) >= 11 is 1.83. The van der Waals surface area contributed by atoms with Gasteiger partial charge in [0, 0.05) is 48.0 Å². The largest absolute Gasteiger partial charge is 0.455 e. The van der Waals surface area contributed by atoms with Crippen molar-refractivity contribution in [3.63, 3.8) is 0 Å². The predicted octanol–water partition coefficient (Wildman–Crippen LogP) is 14.6. The summed E-state index contributed by atoms with van der Waals surface area (Å²) in [5, 5.41) is 12.1. The van der Waals surface area contributed by atoms with Crippen molar-refractivity contribution in [3.8, 4) is 11.1 Å². The molecule has 0 N–H and O–H groups in total. The molecule has 2 nitrogen and oxygen atoms in total. The Kier molecular flexibility index (Phi) is 6.16. The van der Waals surface area contributed by atoms with Crippen LogP contribution in [0.1, 0.15) is 0 Å². The molecule has 0 aliphatic carbocycles. The van der Waals surface area contributed by atoms with Gasteiger partial charge in [-0.05, 0) is 104 Å². The van der Waals surface area contributed by atoms with Gasteiger partial charge in [0.2, 0.25) is 0 Å². The van der Waals surface area contributed by atoms with Crippen molar-refractivity contribution in [1.82, 2.24) is 0 Å². The Labute approximate surface area is 298 Å². The third-order valence-electron chi connectivity index (χ3n) is 10.4. The molecule has 0 aliphatic heterocycles. The summed E-state index contributed by atoms with van der Waals surface area (Å²) in [5.74, 6) is 0. The highest BCUT2D eigenvalue weighted by Gasteiger charge is 2.19. The van der Waals surface area contributed by atoms with Crippen molar-refractivity contribution in [2.45, 2.75) is 0 Å². The minimum atomic E-state index is 0.927. The second-order valence-electron chi connectivity index (χ2n) is 13.3. The molecule has 0 amide bonds. The maximum absolute atomic E-state index is 6.74. The van der Waals surface area contributed by atoms with E-state index in [-0.39, 0.29) is 0 Å². The fourth-order valence-electron chi connectivity index (χ4n) is 8.02. The van der Waals surface area contributed by atoms with Crippen molar-refractivity contribution in [3.05, 3.63) is 176 Å². The summed E-state index contributed by atoms with van der Waals surface area (Å²) in [5.41, 5.74) is 7.65. The lowest BCUT2D eigenvalue weighted by molar-refractivity contribution is 0.673. The standard InChI is InChI=1S/C48H29NOS/c1-2-11-34-28-36(22-16-30(34)8-1)49(35-20-17-33(18-21-35)39-15-7-12-31-9-3-5-13-38(31)39)37-23-26-44-42(29-37)47-45(51-44)27-24-41-46-40-14-6-4-10-32(40)19-25-43(46)50-48(41)47/h1-29H. The first-order valence-electron chi connectivity index (χ1n) is 17.3. The third-order valence-corrected chi connectivity index (χ3v) is 11.6. The highest BCUT2D eigenvalue weighted by molar-refractivity contribution is 7.26. The van der Waals surface area contributed by atoms with Crippen LogP contribution in [0.4, 0.5) is 17.1 Å². The van der Waals surface area contributed by atoms with Crippen LogP contribution in [0.5, 0.6) is 0 Å². The number of furan rings is 1. The minimum Gasteiger partial charge on any atom is -0.455 e. The van der Waals surface area contributed by atoms with Gasteiger partial charge in [-0.2, -0.15) is 0 Å². The highest BCUT2D eigenvalue weighted by Crippen LogP contribution is 2.46. The molecule has 0 radical (unpaired) electrons. The summed E-state index contributed by atoms with van der Waals surface area (Å²) in [7, 11) is 0. The van der Waals surface area contributed by atoms with Crippen molar-refractivity contribution < 1.29 is 4.42 Å². The van der Waals surface area contributed by atoms with Gasteiger partial charge in [-0.3, -0.25) is 0 Å². The Bertz CT molecular complexity index is 3140. The molecule has 9 aromatic carbocycles. The quantitative estimate of drug-likeness (QED) is 0.186. The van der Waals surface area contributed by atoms with Gasteiger partial charge in [0.1, 0.15) is 11.2 Å². The summed E-state index contributed by atoms with van der Waals surface area (Å²) in [4.78, 5) is 2.38. The molecule has 51 heavy (non-hydrogen) atoms. The fourth-order valence-corrected chi connectivity index (χ4v) is 9.11. The Morgan fingerprint density at radius 1 is 0.392 bits per heavy atom. The number of hydrogen-bond donors (Lipinski definition) is 0. The van der Waals surface area contributed by atoms with Crippen LogP contribution in [-0.4, -0.2) is 0 Å². The van der Waals surface area contributed by atoms with Crippen LogP contribution in [0.15, 0.2) is 180 Å². The molecule has 0 unspecified atom stereocenters. The number of benzene rings is 9. The number of hydrogen-bond acceptors (Lipinski definition) is 3. The number of rotatable bonds is 4. The molecular formula is C48H29NOS. The lowest BCUT2D eigenvalue weighted by Gasteiger charge is -2.26. The van der Waals surface area contributed by atoms with E-state index in [1.165, 1.54) is 69.0 Å². The molecule has 0 atom stereocenters. The summed E-state index contributed by atoms with van der Waals surface area (Å²) in [6.45, 7) is 0. The average Bonchev–Trinajstić information content (AvgIpc) is 3.76. The average molecular weight is 668 g/mol. The molecule has 0 fully saturated rings. The van der Waals surface area contributed by atoms with Crippen molar-refractivity contribution in [1.29, 1.82) is 0 Å². The van der Waals surface area contributed by atoms with Gasteiger partial charge in [0.05, 0.1) is 0 Å². The van der Waals surface area contributed by atoms with E-state index in [0.717, 1.165) is 33.6 Å². The molecule has 0 bridgehead atoms.